The van der Waals surface area contributed by atoms with Crippen molar-refractivity contribution in [2.75, 3.05) is 0 Å². The summed E-state index contributed by atoms with van der Waals surface area (Å²) in [5, 5.41) is 0. The lowest BCUT2D eigenvalue weighted by atomic mass is 10.0. The molecule has 0 saturated carbocycles. The normalized spacial score (nSPS) is 10.9. The second-order valence-corrected chi connectivity index (χ2v) is 3.65. The van der Waals surface area contributed by atoms with Crippen molar-refractivity contribution in [3.63, 3.8) is 0 Å². The molecule has 0 heterocycles. The van der Waals surface area contributed by atoms with Gasteiger partial charge in [0.2, 0.25) is 0 Å². The number of hydrogen-bond donors (Lipinski definition) is 0. The number of alkyl halides is 3. The minimum atomic E-state index is -4.97. The van der Waals surface area contributed by atoms with Crippen LogP contribution in [0.5, 0.6) is 0 Å². The number of halogens is 3. The Hall–Kier alpha value is -1.94. The molecule has 6 heteroatoms. The Bertz CT molecular complexity index is 494. The van der Waals surface area contributed by atoms with Gasteiger partial charge in [-0.25, -0.2) is 0 Å². The van der Waals surface area contributed by atoms with E-state index in [0.29, 0.717) is 11.1 Å². The topological polar surface area (TPSA) is 53.5 Å². The summed E-state index contributed by atoms with van der Waals surface area (Å²) in [4.78, 5) is 13.6. The largest absolute Gasteiger partial charge is 0.499 e. The number of Topliss-reactive ketones (excluding diaryl/α,β-unsaturated/α-hetero) is 1. The maximum Gasteiger partial charge on any atom is 0.499 e. The molecule has 0 aromatic heterocycles. The van der Waals surface area contributed by atoms with Crippen LogP contribution in [0.4, 0.5) is 13.2 Å². The summed E-state index contributed by atoms with van der Waals surface area (Å²) in [6.45, 7) is 3.32. The maximum absolute atomic E-state index is 12.3. The van der Waals surface area contributed by atoms with Gasteiger partial charge in [0.05, 0.1) is 0 Å². The van der Waals surface area contributed by atoms with Crippen molar-refractivity contribution < 1.29 is 22.8 Å². The Morgan fingerprint density at radius 1 is 1.18 bits per heavy atom. The molecule has 0 spiro atoms. The first-order valence-electron chi connectivity index (χ1n) is 4.68. The quantitative estimate of drug-likeness (QED) is 0.340. The van der Waals surface area contributed by atoms with Crippen molar-refractivity contribution in [1.29, 1.82) is 0 Å². The third-order valence-electron chi connectivity index (χ3n) is 2.07. The third-order valence-corrected chi connectivity index (χ3v) is 2.07. The molecule has 0 fully saturated rings. The molecule has 1 aromatic carbocycles. The van der Waals surface area contributed by atoms with E-state index in [1.54, 1.807) is 19.9 Å². The highest BCUT2D eigenvalue weighted by atomic mass is 19.4. The van der Waals surface area contributed by atoms with Gasteiger partial charge in [-0.15, -0.1) is 0 Å². The molecule has 17 heavy (non-hydrogen) atoms. The Balaban J connectivity index is 3.26. The van der Waals surface area contributed by atoms with E-state index < -0.39 is 17.7 Å². The molecule has 1 rings (SSSR count). The van der Waals surface area contributed by atoms with Crippen LogP contribution >= 0.6 is 0 Å². The highest BCUT2D eigenvalue weighted by Gasteiger charge is 2.49. The van der Waals surface area contributed by atoms with Crippen molar-refractivity contribution in [3.05, 3.63) is 40.4 Å². The highest BCUT2D eigenvalue weighted by molar-refractivity contribution is 6.45. The van der Waals surface area contributed by atoms with Gasteiger partial charge in [-0.2, -0.15) is 18.0 Å². The third kappa shape index (κ3) is 3.01. The van der Waals surface area contributed by atoms with Gasteiger partial charge in [-0.1, -0.05) is 17.2 Å². The molecule has 0 radical (unpaired) electrons. The Morgan fingerprint density at radius 2 is 1.65 bits per heavy atom. The number of hydrogen-bond acceptors (Lipinski definition) is 1. The van der Waals surface area contributed by atoms with Crippen molar-refractivity contribution in [3.8, 4) is 0 Å². The fourth-order valence-corrected chi connectivity index (χ4v) is 1.47. The van der Waals surface area contributed by atoms with Crippen LogP contribution in [0.3, 0.4) is 0 Å². The van der Waals surface area contributed by atoms with E-state index in [9.17, 15) is 18.0 Å². The van der Waals surface area contributed by atoms with E-state index in [2.05, 4.69) is 0 Å². The number of aryl methyl sites for hydroxylation is 2. The zero-order valence-electron chi connectivity index (χ0n) is 9.17. The lowest BCUT2D eigenvalue weighted by Crippen LogP contribution is -2.32. The SMILES string of the molecule is Cc1cc(C)cc(C(=O)C(=[N+]=[N-])C(F)(F)F)c1. The predicted octanol–water partition coefficient (Wildman–Crippen LogP) is 2.72. The van der Waals surface area contributed by atoms with Crippen molar-refractivity contribution in [2.45, 2.75) is 20.0 Å². The summed E-state index contributed by atoms with van der Waals surface area (Å²) in [7, 11) is 0. The number of nitrogens with zero attached hydrogens (tertiary/aromatic N) is 2. The molecule has 0 bridgehead atoms. The Labute approximate surface area is 95.5 Å². The monoisotopic (exact) mass is 242 g/mol. The molecule has 0 aliphatic carbocycles. The second-order valence-electron chi connectivity index (χ2n) is 3.65. The van der Waals surface area contributed by atoms with E-state index in [1.165, 1.54) is 12.1 Å². The summed E-state index contributed by atoms with van der Waals surface area (Å²) in [5.74, 6) is -1.34. The van der Waals surface area contributed by atoms with Crippen LogP contribution in [0.25, 0.3) is 5.53 Å². The first-order chi connectivity index (χ1) is 7.75. The van der Waals surface area contributed by atoms with E-state index in [4.69, 9.17) is 5.53 Å². The van der Waals surface area contributed by atoms with Gasteiger partial charge < -0.3 is 5.53 Å². The number of carbonyl (C=O) groups is 1. The summed E-state index contributed by atoms with van der Waals surface area (Å²) < 4.78 is 37.0. The molecular weight excluding hydrogens is 233 g/mol. The van der Waals surface area contributed by atoms with Crippen LogP contribution < -0.4 is 0 Å². The van der Waals surface area contributed by atoms with Gasteiger partial charge in [0, 0.05) is 5.56 Å². The van der Waals surface area contributed by atoms with Crippen LogP contribution in [0.15, 0.2) is 18.2 Å². The lowest BCUT2D eigenvalue weighted by Gasteiger charge is -2.03. The van der Waals surface area contributed by atoms with E-state index in [1.807, 2.05) is 4.79 Å². The summed E-state index contributed by atoms with van der Waals surface area (Å²) in [6.07, 6.45) is -4.97. The van der Waals surface area contributed by atoms with Crippen molar-refractivity contribution in [2.24, 2.45) is 0 Å². The predicted molar refractivity (Wildman–Crippen MR) is 54.9 cm³/mol. The molecular formula is C11H9F3N2O. The van der Waals surface area contributed by atoms with Gasteiger partial charge in [0.25, 0.3) is 5.78 Å². The zero-order chi connectivity index (χ0) is 13.2. The lowest BCUT2D eigenvalue weighted by molar-refractivity contribution is -0.111. The fourth-order valence-electron chi connectivity index (χ4n) is 1.47. The van der Waals surface area contributed by atoms with Crippen molar-refractivity contribution >= 4 is 11.5 Å². The van der Waals surface area contributed by atoms with Crippen molar-refractivity contribution in [1.82, 2.24) is 0 Å². The number of rotatable bonds is 2. The number of ketones is 1. The second kappa shape index (κ2) is 4.51. The highest BCUT2D eigenvalue weighted by Crippen LogP contribution is 2.20. The Kier molecular flexibility index (Phi) is 3.48. The minimum Gasteiger partial charge on any atom is -0.361 e. The summed E-state index contributed by atoms with van der Waals surface area (Å²) >= 11 is 0. The molecule has 0 saturated heterocycles. The van der Waals surface area contributed by atoms with Gasteiger partial charge in [-0.3, -0.25) is 4.79 Å². The Morgan fingerprint density at radius 3 is 2.00 bits per heavy atom. The molecule has 0 amide bonds. The van der Waals surface area contributed by atoms with Crippen LogP contribution in [0, 0.1) is 13.8 Å². The van der Waals surface area contributed by atoms with Gasteiger partial charge in [-0.05, 0) is 26.0 Å². The van der Waals surface area contributed by atoms with Crippen LogP contribution in [0.1, 0.15) is 21.5 Å². The average molecular weight is 242 g/mol. The van der Waals surface area contributed by atoms with Crippen LogP contribution in [-0.2, 0) is 0 Å². The van der Waals surface area contributed by atoms with E-state index in [-0.39, 0.29) is 5.56 Å². The van der Waals surface area contributed by atoms with Gasteiger partial charge >= 0.3 is 11.9 Å². The standard InChI is InChI=1S/C11H9F3N2O/c1-6-3-7(2)5-8(4-6)9(17)10(16-15)11(12,13)14/h3-5H,1-2H3. The summed E-state index contributed by atoms with van der Waals surface area (Å²) in [5.41, 5.74) is 7.64. The molecule has 0 N–H and O–H groups in total. The molecule has 0 unspecified atom stereocenters. The zero-order valence-corrected chi connectivity index (χ0v) is 9.17. The number of benzene rings is 1. The van der Waals surface area contributed by atoms with E-state index in [0.717, 1.165) is 0 Å². The molecule has 0 aliphatic heterocycles. The van der Waals surface area contributed by atoms with Crippen LogP contribution in [-0.4, -0.2) is 22.5 Å². The number of carbonyl (C=O) groups excluding carboxylic acids is 1. The van der Waals surface area contributed by atoms with Gasteiger partial charge in [0.1, 0.15) is 0 Å². The average Bonchev–Trinajstić information content (AvgIpc) is 2.14. The first-order valence-corrected chi connectivity index (χ1v) is 4.68. The molecule has 90 valence electrons. The maximum atomic E-state index is 12.3. The molecule has 1 aromatic rings. The molecule has 0 atom stereocenters. The van der Waals surface area contributed by atoms with Gasteiger partial charge in [0.15, 0.2) is 0 Å². The minimum absolute atomic E-state index is 0.146. The fraction of sp³-hybridized carbons (Fsp3) is 0.273. The molecule has 3 nitrogen and oxygen atoms in total. The first kappa shape index (κ1) is 13.1. The smallest absolute Gasteiger partial charge is 0.361 e. The summed E-state index contributed by atoms with van der Waals surface area (Å²) in [6, 6.07) is 4.35. The van der Waals surface area contributed by atoms with E-state index >= 15 is 0 Å². The van der Waals surface area contributed by atoms with Crippen LogP contribution in [0.2, 0.25) is 0 Å². The molecule has 0 aliphatic rings.